The predicted octanol–water partition coefficient (Wildman–Crippen LogP) is 21.2. The van der Waals surface area contributed by atoms with E-state index in [0.29, 0.717) is 0 Å². The van der Waals surface area contributed by atoms with Gasteiger partial charge in [0.15, 0.2) is 0 Å². The van der Waals surface area contributed by atoms with Crippen LogP contribution in [0.1, 0.15) is 0 Å². The van der Waals surface area contributed by atoms with Gasteiger partial charge in [0.2, 0.25) is 0 Å². The normalized spacial score (nSPS) is 11.5. The fourth-order valence-corrected chi connectivity index (χ4v) is 12.5. The second-order valence-corrected chi connectivity index (χ2v) is 20.8. The summed E-state index contributed by atoms with van der Waals surface area (Å²) in [6, 6.07) is 116. The average Bonchev–Trinajstić information content (AvgIpc) is 4.22. The molecule has 0 amide bonds. The number of benzene rings is 13. The molecule has 0 spiro atoms. The van der Waals surface area contributed by atoms with Crippen LogP contribution in [0.5, 0.6) is 0 Å². The van der Waals surface area contributed by atoms with Gasteiger partial charge in [0.25, 0.3) is 0 Å². The molecule has 0 unspecified atom stereocenters. The molecule has 80 heavy (non-hydrogen) atoms. The van der Waals surface area contributed by atoms with E-state index >= 15 is 0 Å². The first-order chi connectivity index (χ1) is 39.7. The van der Waals surface area contributed by atoms with Gasteiger partial charge in [-0.05, 0) is 158 Å². The first kappa shape index (κ1) is 46.7. The van der Waals surface area contributed by atoms with Crippen molar-refractivity contribution >= 4 is 43.1 Å². The highest BCUT2D eigenvalue weighted by Gasteiger charge is 2.23. The van der Waals surface area contributed by atoms with Gasteiger partial charge >= 0.3 is 0 Å². The van der Waals surface area contributed by atoms with Crippen LogP contribution in [0, 0.1) is 0 Å². The van der Waals surface area contributed by atoms with E-state index < -0.39 is 0 Å². The summed E-state index contributed by atoms with van der Waals surface area (Å²) < 4.78 is 4.90. The first-order valence-corrected chi connectivity index (χ1v) is 27.6. The Bertz CT molecular complexity index is 4330. The van der Waals surface area contributed by atoms with Gasteiger partial charge in [0, 0.05) is 11.4 Å². The summed E-state index contributed by atoms with van der Waals surface area (Å²) >= 11 is 0. The Kier molecular flexibility index (Phi) is 11.6. The van der Waals surface area contributed by atoms with Crippen molar-refractivity contribution in [2.75, 3.05) is 0 Å². The fraction of sp³-hybridized carbons (Fsp3) is 0. The zero-order valence-corrected chi connectivity index (χ0v) is 43.9. The minimum atomic E-state index is 1.09. The zero-order chi connectivity index (χ0) is 52.9. The molecule has 15 rings (SSSR count). The molecule has 0 aliphatic heterocycles. The minimum absolute atomic E-state index is 1.09. The van der Waals surface area contributed by atoms with Gasteiger partial charge in [0.05, 0.1) is 22.8 Å². The van der Waals surface area contributed by atoms with Crippen molar-refractivity contribution in [3.8, 4) is 101 Å². The molecule has 0 aliphatic carbocycles. The van der Waals surface area contributed by atoms with E-state index in [-0.39, 0.29) is 0 Å². The third kappa shape index (κ3) is 8.13. The summed E-state index contributed by atoms with van der Waals surface area (Å²) in [6.45, 7) is 0. The van der Waals surface area contributed by atoms with Gasteiger partial charge in [-0.25, -0.2) is 0 Å². The summed E-state index contributed by atoms with van der Waals surface area (Å²) in [7, 11) is 0. The molecular weight excluding hydrogens is 965 g/mol. The average molecular weight is 1020 g/mol. The molecule has 374 valence electrons. The Hall–Kier alpha value is -10.5. The first-order valence-electron chi connectivity index (χ1n) is 27.6. The maximum Gasteiger partial charge on any atom is 0.0535 e. The highest BCUT2D eigenvalue weighted by molar-refractivity contribution is 6.22. The number of fused-ring (bicyclic) bond motifs is 4. The van der Waals surface area contributed by atoms with Gasteiger partial charge in [-0.15, -0.1) is 0 Å². The molecule has 0 aliphatic rings. The number of hydrogen-bond acceptors (Lipinski definition) is 0. The summed E-state index contributed by atoms with van der Waals surface area (Å²) in [5, 5.41) is 9.68. The molecule has 2 heterocycles. The number of hydrogen-bond donors (Lipinski definition) is 0. The minimum Gasteiger partial charge on any atom is -0.309 e. The lowest BCUT2D eigenvalue weighted by Gasteiger charge is -2.22. The van der Waals surface area contributed by atoms with Gasteiger partial charge in [0.1, 0.15) is 0 Å². The molecule has 0 saturated heterocycles. The molecule has 2 aromatic heterocycles. The standard InChI is InChI=1S/C78H52N2/c1-5-21-57(22-6-1)73-47-48-74(58-23-7-2-8-24-58)79(73)63-43-45-69-71(51-63)77(61-39-35-55(36-40-61)67-33-17-29-53-19-13-15-31-65(53)67)70-46-44-64(80-75(59-25-9-3-10-26-59)49-50-76(80)60-27-11-4-12-28-60)52-72(70)78(69)62-41-37-56(38-42-62)68-34-18-30-54-20-14-16-32-66(54)68/h1-52H. The highest BCUT2D eigenvalue weighted by atomic mass is 15.0. The van der Waals surface area contributed by atoms with Crippen molar-refractivity contribution in [2.24, 2.45) is 0 Å². The summed E-state index contributed by atoms with van der Waals surface area (Å²) in [5.41, 5.74) is 20.9. The number of aromatic nitrogens is 2. The van der Waals surface area contributed by atoms with Crippen LogP contribution in [0.25, 0.3) is 144 Å². The Morgan fingerprint density at radius 3 is 0.825 bits per heavy atom. The van der Waals surface area contributed by atoms with Crippen LogP contribution < -0.4 is 0 Å². The van der Waals surface area contributed by atoms with E-state index in [9.17, 15) is 0 Å². The van der Waals surface area contributed by atoms with Crippen LogP contribution in [0.15, 0.2) is 315 Å². The Labute approximate surface area is 466 Å². The maximum absolute atomic E-state index is 2.45. The molecule has 0 N–H and O–H groups in total. The van der Waals surface area contributed by atoms with Crippen LogP contribution >= 0.6 is 0 Å². The molecule has 2 nitrogen and oxygen atoms in total. The smallest absolute Gasteiger partial charge is 0.0535 e. The van der Waals surface area contributed by atoms with Crippen LogP contribution in [0.4, 0.5) is 0 Å². The topological polar surface area (TPSA) is 9.86 Å². The lowest BCUT2D eigenvalue weighted by molar-refractivity contribution is 1.10. The van der Waals surface area contributed by atoms with Crippen molar-refractivity contribution in [1.29, 1.82) is 0 Å². The molecule has 0 fully saturated rings. The summed E-state index contributed by atoms with van der Waals surface area (Å²) in [4.78, 5) is 0. The lowest BCUT2D eigenvalue weighted by Crippen LogP contribution is -2.02. The Balaban J connectivity index is 1.03. The maximum atomic E-state index is 2.45. The molecule has 2 heteroatoms. The van der Waals surface area contributed by atoms with Crippen molar-refractivity contribution in [2.45, 2.75) is 0 Å². The molecule has 0 radical (unpaired) electrons. The van der Waals surface area contributed by atoms with E-state index in [2.05, 4.69) is 325 Å². The van der Waals surface area contributed by atoms with Crippen molar-refractivity contribution in [1.82, 2.24) is 9.13 Å². The van der Waals surface area contributed by atoms with Crippen LogP contribution in [-0.2, 0) is 0 Å². The van der Waals surface area contributed by atoms with Gasteiger partial charge in [-0.2, -0.15) is 0 Å². The van der Waals surface area contributed by atoms with Gasteiger partial charge in [-0.1, -0.05) is 267 Å². The van der Waals surface area contributed by atoms with Gasteiger partial charge < -0.3 is 9.13 Å². The zero-order valence-electron chi connectivity index (χ0n) is 43.9. The molecule has 0 saturated carbocycles. The van der Waals surface area contributed by atoms with E-state index in [1.807, 2.05) is 0 Å². The monoisotopic (exact) mass is 1020 g/mol. The molecular formula is C78H52N2. The van der Waals surface area contributed by atoms with E-state index in [1.54, 1.807) is 0 Å². The molecule has 0 bridgehead atoms. The Morgan fingerprint density at radius 2 is 0.475 bits per heavy atom. The van der Waals surface area contributed by atoms with E-state index in [1.165, 1.54) is 76.5 Å². The molecule has 13 aromatic carbocycles. The van der Waals surface area contributed by atoms with E-state index in [4.69, 9.17) is 0 Å². The summed E-state index contributed by atoms with van der Waals surface area (Å²) in [5.74, 6) is 0. The number of rotatable bonds is 10. The molecule has 15 aromatic rings. The van der Waals surface area contributed by atoms with Crippen LogP contribution in [0.2, 0.25) is 0 Å². The second-order valence-electron chi connectivity index (χ2n) is 20.8. The third-order valence-corrected chi connectivity index (χ3v) is 16.2. The van der Waals surface area contributed by atoms with Crippen molar-refractivity contribution in [3.63, 3.8) is 0 Å². The highest BCUT2D eigenvalue weighted by Crippen LogP contribution is 2.48. The quantitative estimate of drug-likeness (QED) is 0.121. The third-order valence-electron chi connectivity index (χ3n) is 16.2. The fourth-order valence-electron chi connectivity index (χ4n) is 12.5. The summed E-state index contributed by atoms with van der Waals surface area (Å²) in [6.07, 6.45) is 0. The van der Waals surface area contributed by atoms with Crippen LogP contribution in [0.3, 0.4) is 0 Å². The van der Waals surface area contributed by atoms with Gasteiger partial charge in [-0.3, -0.25) is 0 Å². The van der Waals surface area contributed by atoms with Crippen molar-refractivity contribution < 1.29 is 0 Å². The number of nitrogens with zero attached hydrogens (tertiary/aromatic N) is 2. The van der Waals surface area contributed by atoms with Crippen molar-refractivity contribution in [3.05, 3.63) is 315 Å². The lowest BCUT2D eigenvalue weighted by atomic mass is 9.84. The largest absolute Gasteiger partial charge is 0.309 e. The second kappa shape index (κ2) is 19.8. The van der Waals surface area contributed by atoms with E-state index in [0.717, 1.165) is 67.5 Å². The van der Waals surface area contributed by atoms with Crippen LogP contribution in [-0.4, -0.2) is 9.13 Å². The molecule has 0 atom stereocenters. The Morgan fingerprint density at radius 1 is 0.175 bits per heavy atom. The SMILES string of the molecule is c1ccc(-c2ccc(-c3ccccc3)n2-c2ccc3c(-c4ccc(-c5cccc6ccccc56)cc4)c4cc(-n5c(-c6ccccc6)ccc5-c5ccccc5)ccc4c(-c4ccc(-c5cccc6ccccc56)cc4)c3c2)cc1. The predicted molar refractivity (Wildman–Crippen MR) is 339 cm³/mol.